The first-order chi connectivity index (χ1) is 8.27. The van der Waals surface area contributed by atoms with E-state index < -0.39 is 0 Å². The van der Waals surface area contributed by atoms with Crippen molar-refractivity contribution < 1.29 is 4.79 Å². The number of aromatic nitrogens is 2. The van der Waals surface area contributed by atoms with Crippen LogP contribution in [0.1, 0.15) is 18.8 Å². The number of imidazole rings is 1. The highest BCUT2D eigenvalue weighted by molar-refractivity contribution is 5.76. The van der Waals surface area contributed by atoms with Crippen molar-refractivity contribution in [2.24, 2.45) is 0 Å². The van der Waals surface area contributed by atoms with Gasteiger partial charge in [0.2, 0.25) is 6.41 Å². The topological polar surface area (TPSA) is 46.9 Å². The fraction of sp³-hybridized carbons (Fsp3) is 0.231. The number of benzene rings is 1. The van der Waals surface area contributed by atoms with Crippen LogP contribution >= 0.6 is 0 Å². The van der Waals surface area contributed by atoms with E-state index in [-0.39, 0.29) is 6.04 Å². The van der Waals surface area contributed by atoms with Crippen LogP contribution in [0.3, 0.4) is 0 Å². The van der Waals surface area contributed by atoms with Gasteiger partial charge in [-0.15, -0.1) is 6.58 Å². The predicted molar refractivity (Wildman–Crippen MR) is 67.5 cm³/mol. The third-order valence-electron chi connectivity index (χ3n) is 2.70. The lowest BCUT2D eigenvalue weighted by Gasteiger charge is -2.12. The van der Waals surface area contributed by atoms with Crippen molar-refractivity contribution in [3.8, 4) is 0 Å². The van der Waals surface area contributed by atoms with Gasteiger partial charge >= 0.3 is 0 Å². The van der Waals surface area contributed by atoms with E-state index in [9.17, 15) is 4.79 Å². The van der Waals surface area contributed by atoms with Crippen LogP contribution in [-0.4, -0.2) is 16.0 Å². The highest BCUT2D eigenvalue weighted by atomic mass is 16.1. The molecular weight excluding hydrogens is 214 g/mol. The second-order valence-electron chi connectivity index (χ2n) is 3.86. The Hall–Kier alpha value is -2.10. The quantitative estimate of drug-likeness (QED) is 0.630. The number of fused-ring (bicyclic) bond motifs is 1. The van der Waals surface area contributed by atoms with Crippen molar-refractivity contribution >= 4 is 17.4 Å². The van der Waals surface area contributed by atoms with Gasteiger partial charge in [0, 0.05) is 6.54 Å². The van der Waals surface area contributed by atoms with Gasteiger partial charge in [0.15, 0.2) is 0 Å². The molecule has 0 radical (unpaired) electrons. The molecule has 0 aliphatic carbocycles. The number of carbonyl (C=O) groups excluding carboxylic acids is 1. The Bertz CT molecular complexity index is 545. The fourth-order valence-electron chi connectivity index (χ4n) is 1.92. The van der Waals surface area contributed by atoms with Crippen LogP contribution in [0.25, 0.3) is 11.0 Å². The van der Waals surface area contributed by atoms with Crippen molar-refractivity contribution in [3.05, 3.63) is 42.7 Å². The standard InChI is InChI=1S/C13H15N3O/c1-3-8-16-12-7-5-4-6-11(12)15-13(16)10(2)14-9-17/h3-7,9-10H,1,8H2,2H3,(H,14,17)/t10-/m0/s1. The number of allylic oxidation sites excluding steroid dienone is 1. The lowest BCUT2D eigenvalue weighted by Crippen LogP contribution is -2.20. The van der Waals surface area contributed by atoms with Crippen LogP contribution in [-0.2, 0) is 11.3 Å². The van der Waals surface area contributed by atoms with Crippen LogP contribution in [0.15, 0.2) is 36.9 Å². The van der Waals surface area contributed by atoms with Crippen LogP contribution in [0.5, 0.6) is 0 Å². The van der Waals surface area contributed by atoms with Gasteiger partial charge in [0.1, 0.15) is 5.82 Å². The minimum Gasteiger partial charge on any atom is -0.349 e. The van der Waals surface area contributed by atoms with Gasteiger partial charge in [0.25, 0.3) is 0 Å². The Labute approximate surface area is 100.0 Å². The highest BCUT2D eigenvalue weighted by Crippen LogP contribution is 2.20. The highest BCUT2D eigenvalue weighted by Gasteiger charge is 2.14. The molecule has 0 aliphatic heterocycles. The number of hydrogen-bond donors (Lipinski definition) is 1. The van der Waals surface area contributed by atoms with Gasteiger partial charge in [-0.3, -0.25) is 4.79 Å². The second kappa shape index (κ2) is 4.82. The molecule has 2 aromatic rings. The summed E-state index contributed by atoms with van der Waals surface area (Å²) >= 11 is 0. The molecule has 0 spiro atoms. The molecule has 1 atom stereocenters. The summed E-state index contributed by atoms with van der Waals surface area (Å²) < 4.78 is 2.06. The van der Waals surface area contributed by atoms with Crippen LogP contribution in [0.2, 0.25) is 0 Å². The summed E-state index contributed by atoms with van der Waals surface area (Å²) in [7, 11) is 0. The average Bonchev–Trinajstić information content (AvgIpc) is 2.70. The number of rotatable bonds is 5. The van der Waals surface area contributed by atoms with E-state index in [0.717, 1.165) is 16.9 Å². The van der Waals surface area contributed by atoms with Gasteiger partial charge in [-0.25, -0.2) is 4.98 Å². The molecule has 4 heteroatoms. The molecule has 0 aliphatic rings. The zero-order chi connectivity index (χ0) is 12.3. The number of hydrogen-bond acceptors (Lipinski definition) is 2. The summed E-state index contributed by atoms with van der Waals surface area (Å²) in [6.45, 7) is 6.34. The largest absolute Gasteiger partial charge is 0.349 e. The van der Waals surface area contributed by atoms with Crippen molar-refractivity contribution in [2.45, 2.75) is 19.5 Å². The Kier molecular flexibility index (Phi) is 3.23. The molecule has 1 N–H and O–H groups in total. The van der Waals surface area contributed by atoms with Crippen LogP contribution in [0, 0.1) is 0 Å². The van der Waals surface area contributed by atoms with Crippen molar-refractivity contribution in [1.29, 1.82) is 0 Å². The molecule has 17 heavy (non-hydrogen) atoms. The fourth-order valence-corrected chi connectivity index (χ4v) is 1.92. The molecular formula is C13H15N3O. The third kappa shape index (κ3) is 2.06. The first kappa shape index (κ1) is 11.4. The predicted octanol–water partition coefficient (Wildman–Crippen LogP) is 2.03. The number of amides is 1. The molecule has 1 aromatic carbocycles. The van der Waals surface area contributed by atoms with Crippen molar-refractivity contribution in [3.63, 3.8) is 0 Å². The Morgan fingerprint density at radius 2 is 2.29 bits per heavy atom. The smallest absolute Gasteiger partial charge is 0.207 e. The van der Waals surface area contributed by atoms with E-state index in [1.165, 1.54) is 0 Å². The molecule has 0 unspecified atom stereocenters. The maximum atomic E-state index is 10.5. The molecule has 4 nitrogen and oxygen atoms in total. The molecule has 1 heterocycles. The molecule has 0 saturated heterocycles. The van der Waals surface area contributed by atoms with Crippen LogP contribution < -0.4 is 5.32 Å². The van der Waals surface area contributed by atoms with Gasteiger partial charge in [-0.1, -0.05) is 18.2 Å². The molecule has 2 rings (SSSR count). The first-order valence-corrected chi connectivity index (χ1v) is 5.53. The minimum atomic E-state index is -0.111. The monoisotopic (exact) mass is 229 g/mol. The second-order valence-corrected chi connectivity index (χ2v) is 3.86. The molecule has 88 valence electrons. The molecule has 1 amide bonds. The summed E-state index contributed by atoms with van der Waals surface area (Å²) in [4.78, 5) is 15.0. The summed E-state index contributed by atoms with van der Waals surface area (Å²) in [6, 6.07) is 7.80. The number of nitrogens with one attached hydrogen (secondary N) is 1. The van der Waals surface area contributed by atoms with Gasteiger partial charge in [-0.2, -0.15) is 0 Å². The summed E-state index contributed by atoms with van der Waals surface area (Å²) in [5.41, 5.74) is 1.99. The van der Waals surface area contributed by atoms with Gasteiger partial charge < -0.3 is 9.88 Å². The number of carbonyl (C=O) groups is 1. The van der Waals surface area contributed by atoms with Crippen LogP contribution in [0.4, 0.5) is 0 Å². The molecule has 0 saturated carbocycles. The normalized spacial score (nSPS) is 12.3. The molecule has 0 bridgehead atoms. The third-order valence-corrected chi connectivity index (χ3v) is 2.70. The van der Waals surface area contributed by atoms with Crippen molar-refractivity contribution in [1.82, 2.24) is 14.9 Å². The summed E-state index contributed by atoms with van der Waals surface area (Å²) in [5.74, 6) is 0.846. The number of nitrogens with zero attached hydrogens (tertiary/aromatic N) is 2. The average molecular weight is 229 g/mol. The van der Waals surface area contributed by atoms with E-state index in [1.807, 2.05) is 37.3 Å². The zero-order valence-electron chi connectivity index (χ0n) is 9.76. The molecule has 0 fully saturated rings. The summed E-state index contributed by atoms with van der Waals surface area (Å²) in [5, 5.41) is 2.72. The zero-order valence-corrected chi connectivity index (χ0v) is 9.76. The van der Waals surface area contributed by atoms with E-state index in [2.05, 4.69) is 21.4 Å². The van der Waals surface area contributed by atoms with Crippen molar-refractivity contribution in [2.75, 3.05) is 0 Å². The summed E-state index contributed by atoms with van der Waals surface area (Å²) in [6.07, 6.45) is 2.52. The Morgan fingerprint density at radius 3 is 3.00 bits per heavy atom. The Balaban J connectivity index is 2.56. The minimum absolute atomic E-state index is 0.111. The lowest BCUT2D eigenvalue weighted by atomic mass is 10.3. The lowest BCUT2D eigenvalue weighted by molar-refractivity contribution is -0.110. The number of para-hydroxylation sites is 2. The Morgan fingerprint density at radius 1 is 1.53 bits per heavy atom. The van der Waals surface area contributed by atoms with E-state index in [1.54, 1.807) is 0 Å². The van der Waals surface area contributed by atoms with E-state index >= 15 is 0 Å². The first-order valence-electron chi connectivity index (χ1n) is 5.53. The van der Waals surface area contributed by atoms with Gasteiger partial charge in [-0.05, 0) is 19.1 Å². The van der Waals surface area contributed by atoms with E-state index in [4.69, 9.17) is 0 Å². The maximum Gasteiger partial charge on any atom is 0.207 e. The van der Waals surface area contributed by atoms with E-state index in [0.29, 0.717) is 13.0 Å². The van der Waals surface area contributed by atoms with Gasteiger partial charge in [0.05, 0.1) is 17.1 Å². The molecule has 1 aromatic heterocycles. The maximum absolute atomic E-state index is 10.5. The SMILES string of the molecule is C=CCn1c([C@H](C)NC=O)nc2ccccc21.